The molecule has 5 heteroatoms. The molecule has 1 aromatic rings. The molecule has 0 aromatic heterocycles. The molecule has 0 aliphatic rings. The van der Waals surface area contributed by atoms with E-state index in [0.717, 1.165) is 0 Å². The Morgan fingerprint density at radius 3 is 2.26 bits per heavy atom. The van der Waals surface area contributed by atoms with Crippen LogP contribution in [0.5, 0.6) is 5.75 Å². The van der Waals surface area contributed by atoms with Crippen molar-refractivity contribution >= 4 is 11.9 Å². The number of amides is 1. The molecule has 1 amide bonds. The van der Waals surface area contributed by atoms with Crippen LogP contribution in [0.2, 0.25) is 0 Å². The van der Waals surface area contributed by atoms with Gasteiger partial charge in [-0.25, -0.2) is 4.79 Å². The summed E-state index contributed by atoms with van der Waals surface area (Å²) in [5, 5.41) is 21.0. The minimum atomic E-state index is -1.07. The quantitative estimate of drug-likeness (QED) is 0.779. The van der Waals surface area contributed by atoms with E-state index in [4.69, 9.17) is 5.11 Å². The third-order valence-corrected chi connectivity index (χ3v) is 2.84. The number of carboxylic acid groups (broad SMARTS) is 1. The van der Waals surface area contributed by atoms with Crippen LogP contribution < -0.4 is 5.32 Å². The largest absolute Gasteiger partial charge is 0.508 e. The van der Waals surface area contributed by atoms with Gasteiger partial charge in [-0.3, -0.25) is 4.79 Å². The number of hydrogen-bond acceptors (Lipinski definition) is 3. The van der Waals surface area contributed by atoms with Crippen molar-refractivity contribution in [2.24, 2.45) is 5.41 Å². The van der Waals surface area contributed by atoms with Gasteiger partial charge in [0, 0.05) is 5.56 Å². The van der Waals surface area contributed by atoms with E-state index in [-0.39, 0.29) is 5.75 Å². The van der Waals surface area contributed by atoms with E-state index in [1.54, 1.807) is 27.7 Å². The number of carbonyl (C=O) groups excluding carboxylic acids is 1. The van der Waals surface area contributed by atoms with Crippen LogP contribution in [0.25, 0.3) is 0 Å². The van der Waals surface area contributed by atoms with Gasteiger partial charge in [-0.05, 0) is 36.1 Å². The lowest BCUT2D eigenvalue weighted by molar-refractivity contribution is -0.142. The third-order valence-electron chi connectivity index (χ3n) is 2.84. The van der Waals surface area contributed by atoms with Gasteiger partial charge in [0.15, 0.2) is 0 Å². The Hall–Kier alpha value is -2.04. The molecule has 0 spiro atoms. The van der Waals surface area contributed by atoms with Crippen molar-refractivity contribution in [3.8, 4) is 5.75 Å². The molecule has 0 saturated heterocycles. The molecule has 0 bridgehead atoms. The molecule has 0 radical (unpaired) electrons. The number of phenols is 1. The smallest absolute Gasteiger partial charge is 0.326 e. The van der Waals surface area contributed by atoms with Crippen LogP contribution in [0.1, 0.15) is 36.7 Å². The van der Waals surface area contributed by atoms with Crippen LogP contribution in [0.3, 0.4) is 0 Å². The fourth-order valence-corrected chi connectivity index (χ4v) is 1.76. The molecule has 0 aliphatic carbocycles. The molecule has 1 aromatic carbocycles. The number of carboxylic acids is 1. The highest BCUT2D eigenvalue weighted by Gasteiger charge is 2.33. The Morgan fingerprint density at radius 2 is 1.84 bits per heavy atom. The molecule has 5 nitrogen and oxygen atoms in total. The zero-order valence-electron chi connectivity index (χ0n) is 11.5. The number of benzene rings is 1. The number of carbonyl (C=O) groups is 2. The second kappa shape index (κ2) is 5.30. The Labute approximate surface area is 112 Å². The van der Waals surface area contributed by atoms with Gasteiger partial charge in [-0.15, -0.1) is 0 Å². The normalized spacial score (nSPS) is 12.8. The van der Waals surface area contributed by atoms with Crippen molar-refractivity contribution in [1.82, 2.24) is 5.32 Å². The van der Waals surface area contributed by atoms with Crippen LogP contribution in [-0.4, -0.2) is 28.1 Å². The molecule has 0 aliphatic heterocycles. The van der Waals surface area contributed by atoms with Gasteiger partial charge in [-0.1, -0.05) is 20.8 Å². The van der Waals surface area contributed by atoms with Gasteiger partial charge in [0.05, 0.1) is 0 Å². The summed E-state index contributed by atoms with van der Waals surface area (Å²) in [6, 6.07) is 3.35. The third kappa shape index (κ3) is 3.71. The highest BCUT2D eigenvalue weighted by molar-refractivity contribution is 5.98. The van der Waals surface area contributed by atoms with Crippen LogP contribution in [-0.2, 0) is 4.79 Å². The van der Waals surface area contributed by atoms with Gasteiger partial charge < -0.3 is 15.5 Å². The van der Waals surface area contributed by atoms with E-state index in [9.17, 15) is 14.7 Å². The van der Waals surface area contributed by atoms with Gasteiger partial charge >= 0.3 is 5.97 Å². The minimum Gasteiger partial charge on any atom is -0.508 e. The summed E-state index contributed by atoms with van der Waals surface area (Å²) in [5.74, 6) is -1.46. The summed E-state index contributed by atoms with van der Waals surface area (Å²) in [4.78, 5) is 23.3. The van der Waals surface area contributed by atoms with Gasteiger partial charge in [0.25, 0.3) is 5.91 Å². The van der Waals surface area contributed by atoms with Crippen molar-refractivity contribution in [3.05, 3.63) is 29.3 Å². The van der Waals surface area contributed by atoms with Crippen molar-refractivity contribution in [2.45, 2.75) is 33.7 Å². The second-order valence-corrected chi connectivity index (χ2v) is 5.61. The number of aliphatic carboxylic acids is 1. The monoisotopic (exact) mass is 265 g/mol. The Morgan fingerprint density at radius 1 is 1.26 bits per heavy atom. The average Bonchev–Trinajstić information content (AvgIpc) is 2.23. The zero-order chi connectivity index (χ0) is 14.8. The predicted octanol–water partition coefficient (Wildman–Crippen LogP) is 1.93. The Balaban J connectivity index is 2.98. The maximum Gasteiger partial charge on any atom is 0.326 e. The lowest BCUT2D eigenvalue weighted by Crippen LogP contribution is -2.49. The number of rotatable bonds is 3. The first-order valence-electron chi connectivity index (χ1n) is 5.96. The number of nitrogens with one attached hydrogen (secondary N) is 1. The maximum atomic E-state index is 12.1. The van der Waals surface area contributed by atoms with E-state index < -0.39 is 23.3 Å². The number of aryl methyl sites for hydroxylation is 1. The fourth-order valence-electron chi connectivity index (χ4n) is 1.76. The van der Waals surface area contributed by atoms with Crippen LogP contribution in [0.4, 0.5) is 0 Å². The predicted molar refractivity (Wildman–Crippen MR) is 71.2 cm³/mol. The number of phenolic OH excluding ortho intramolecular Hbond substituents is 1. The van der Waals surface area contributed by atoms with E-state index in [0.29, 0.717) is 11.1 Å². The van der Waals surface area contributed by atoms with E-state index >= 15 is 0 Å². The first kappa shape index (κ1) is 15.0. The summed E-state index contributed by atoms with van der Waals surface area (Å²) in [7, 11) is 0. The molecule has 0 heterocycles. The number of hydrogen-bond donors (Lipinski definition) is 3. The van der Waals surface area contributed by atoms with E-state index in [1.165, 1.54) is 18.2 Å². The molecular formula is C14H19NO4. The van der Waals surface area contributed by atoms with Gasteiger partial charge in [0.1, 0.15) is 11.8 Å². The first-order valence-corrected chi connectivity index (χ1v) is 5.96. The van der Waals surface area contributed by atoms with Crippen molar-refractivity contribution in [3.63, 3.8) is 0 Å². The van der Waals surface area contributed by atoms with Gasteiger partial charge in [-0.2, -0.15) is 0 Å². The Bertz CT molecular complexity index is 503. The topological polar surface area (TPSA) is 86.6 Å². The zero-order valence-corrected chi connectivity index (χ0v) is 11.5. The van der Waals surface area contributed by atoms with Crippen LogP contribution in [0, 0.1) is 12.3 Å². The summed E-state index contributed by atoms with van der Waals surface area (Å²) in [5.41, 5.74) is 0.357. The molecule has 0 saturated carbocycles. The van der Waals surface area contributed by atoms with Crippen LogP contribution >= 0.6 is 0 Å². The fraction of sp³-hybridized carbons (Fsp3) is 0.429. The standard InChI is InChI=1S/C14H19NO4/c1-8-7-9(16)5-6-10(8)12(17)15-11(13(18)19)14(2,3)4/h5-7,11,16H,1-4H3,(H,15,17)(H,18,19)/t11-/m1/s1. The molecule has 0 unspecified atom stereocenters. The van der Waals surface area contributed by atoms with Crippen LogP contribution in [0.15, 0.2) is 18.2 Å². The SMILES string of the molecule is Cc1cc(O)ccc1C(=O)N[C@H](C(=O)O)C(C)(C)C. The maximum absolute atomic E-state index is 12.1. The van der Waals surface area contributed by atoms with Crippen molar-refractivity contribution in [1.29, 1.82) is 0 Å². The first-order chi connectivity index (χ1) is 8.62. The molecule has 19 heavy (non-hydrogen) atoms. The van der Waals surface area contributed by atoms with Crippen molar-refractivity contribution in [2.75, 3.05) is 0 Å². The molecule has 1 rings (SSSR count). The lowest BCUT2D eigenvalue weighted by atomic mass is 9.86. The average molecular weight is 265 g/mol. The molecule has 1 atom stereocenters. The molecule has 0 fully saturated rings. The molecule has 3 N–H and O–H groups in total. The highest BCUT2D eigenvalue weighted by atomic mass is 16.4. The number of aromatic hydroxyl groups is 1. The summed E-state index contributed by atoms with van der Waals surface area (Å²) >= 11 is 0. The summed E-state index contributed by atoms with van der Waals surface area (Å²) in [6.07, 6.45) is 0. The summed E-state index contributed by atoms with van der Waals surface area (Å²) in [6.45, 7) is 6.92. The lowest BCUT2D eigenvalue weighted by Gasteiger charge is -2.28. The second-order valence-electron chi connectivity index (χ2n) is 5.61. The summed E-state index contributed by atoms with van der Waals surface area (Å²) < 4.78 is 0. The van der Waals surface area contributed by atoms with E-state index in [1.807, 2.05) is 0 Å². The van der Waals surface area contributed by atoms with Crippen molar-refractivity contribution < 1.29 is 19.8 Å². The van der Waals surface area contributed by atoms with Gasteiger partial charge in [0.2, 0.25) is 0 Å². The minimum absolute atomic E-state index is 0.0691. The Kier molecular flexibility index (Phi) is 4.19. The molecular weight excluding hydrogens is 246 g/mol. The molecule has 104 valence electrons. The van der Waals surface area contributed by atoms with E-state index in [2.05, 4.69) is 5.32 Å². The highest BCUT2D eigenvalue weighted by Crippen LogP contribution is 2.21.